The molecule has 1 atom stereocenters. The van der Waals surface area contributed by atoms with Gasteiger partial charge in [-0.3, -0.25) is 14.5 Å². The van der Waals surface area contributed by atoms with Crippen LogP contribution in [0.2, 0.25) is 0 Å². The summed E-state index contributed by atoms with van der Waals surface area (Å²) in [5, 5.41) is 8.78. The molecule has 1 aliphatic rings. The molecule has 1 aromatic heterocycles. The molecule has 1 aliphatic heterocycles. The Morgan fingerprint density at radius 1 is 1.45 bits per heavy atom. The van der Waals surface area contributed by atoms with Crippen LogP contribution >= 0.6 is 0 Å². The van der Waals surface area contributed by atoms with Crippen molar-refractivity contribution in [1.29, 1.82) is 0 Å². The van der Waals surface area contributed by atoms with Gasteiger partial charge >= 0.3 is 5.97 Å². The van der Waals surface area contributed by atoms with Crippen molar-refractivity contribution in [2.45, 2.75) is 20.0 Å². The van der Waals surface area contributed by atoms with Crippen LogP contribution in [0.1, 0.15) is 21.9 Å². The van der Waals surface area contributed by atoms with Crippen LogP contribution in [-0.4, -0.2) is 72.7 Å². The quantitative estimate of drug-likeness (QED) is 0.864. The number of carbonyl (C=O) groups excluding carboxylic acids is 1. The standard InChI is InChI=1S/C15H22N2O5/c1-10-6-11(2)22-14(10)15(20)17-4-5-21-12(8-17)7-16(3)9-13(18)19/h6,12H,4-5,7-9H2,1-3H3,(H,18,19). The number of aryl methyl sites for hydroxylation is 2. The number of morpholine rings is 1. The fourth-order valence-electron chi connectivity index (χ4n) is 2.65. The van der Waals surface area contributed by atoms with E-state index in [-0.39, 0.29) is 18.6 Å². The summed E-state index contributed by atoms with van der Waals surface area (Å²) >= 11 is 0. The predicted molar refractivity (Wildman–Crippen MR) is 79.0 cm³/mol. The van der Waals surface area contributed by atoms with Gasteiger partial charge in [-0.2, -0.15) is 0 Å². The number of rotatable bonds is 5. The molecule has 0 aliphatic carbocycles. The van der Waals surface area contributed by atoms with Crippen LogP contribution in [0.5, 0.6) is 0 Å². The third-order valence-electron chi connectivity index (χ3n) is 3.58. The summed E-state index contributed by atoms with van der Waals surface area (Å²) in [5.41, 5.74) is 0.827. The van der Waals surface area contributed by atoms with E-state index in [0.717, 1.165) is 5.56 Å². The van der Waals surface area contributed by atoms with Crippen LogP contribution in [-0.2, 0) is 9.53 Å². The Morgan fingerprint density at radius 3 is 2.77 bits per heavy atom. The largest absolute Gasteiger partial charge is 0.480 e. The van der Waals surface area contributed by atoms with Crippen LogP contribution in [0.3, 0.4) is 0 Å². The highest BCUT2D eigenvalue weighted by molar-refractivity contribution is 5.93. The Labute approximate surface area is 129 Å². The zero-order valence-corrected chi connectivity index (χ0v) is 13.2. The molecular formula is C15H22N2O5. The molecule has 2 rings (SSSR count). The molecule has 1 aromatic rings. The van der Waals surface area contributed by atoms with Gasteiger partial charge in [-0.05, 0) is 27.0 Å². The van der Waals surface area contributed by atoms with Crippen LogP contribution in [0.4, 0.5) is 0 Å². The molecule has 2 heterocycles. The summed E-state index contributed by atoms with van der Waals surface area (Å²) in [6, 6.07) is 1.84. The van der Waals surface area contributed by atoms with Crippen molar-refractivity contribution in [1.82, 2.24) is 9.80 Å². The number of furan rings is 1. The third-order valence-corrected chi connectivity index (χ3v) is 3.58. The van der Waals surface area contributed by atoms with E-state index >= 15 is 0 Å². The lowest BCUT2D eigenvalue weighted by molar-refractivity contribution is -0.138. The van der Waals surface area contributed by atoms with Gasteiger partial charge in [0.2, 0.25) is 0 Å². The highest BCUT2D eigenvalue weighted by atomic mass is 16.5. The van der Waals surface area contributed by atoms with E-state index in [9.17, 15) is 9.59 Å². The number of hydrogen-bond donors (Lipinski definition) is 1. The fraction of sp³-hybridized carbons (Fsp3) is 0.600. The van der Waals surface area contributed by atoms with Crippen molar-refractivity contribution >= 4 is 11.9 Å². The molecular weight excluding hydrogens is 288 g/mol. The maximum Gasteiger partial charge on any atom is 0.317 e. The van der Waals surface area contributed by atoms with Gasteiger partial charge in [0.15, 0.2) is 5.76 Å². The molecule has 1 N–H and O–H groups in total. The molecule has 0 saturated carbocycles. The number of carboxylic acid groups (broad SMARTS) is 1. The topological polar surface area (TPSA) is 83.2 Å². The number of likely N-dealkylation sites (N-methyl/N-ethyl adjacent to an activating group) is 1. The van der Waals surface area contributed by atoms with Gasteiger partial charge in [-0.15, -0.1) is 0 Å². The Hall–Kier alpha value is -1.86. The second-order valence-electron chi connectivity index (χ2n) is 5.70. The van der Waals surface area contributed by atoms with Gasteiger partial charge in [0.25, 0.3) is 5.91 Å². The lowest BCUT2D eigenvalue weighted by Crippen LogP contribution is -2.49. The fourth-order valence-corrected chi connectivity index (χ4v) is 2.65. The van der Waals surface area contributed by atoms with Crippen molar-refractivity contribution in [3.05, 3.63) is 23.2 Å². The Morgan fingerprint density at radius 2 is 2.18 bits per heavy atom. The van der Waals surface area contributed by atoms with Crippen molar-refractivity contribution in [3.63, 3.8) is 0 Å². The summed E-state index contributed by atoms with van der Waals surface area (Å²) in [6.45, 7) is 5.46. The van der Waals surface area contributed by atoms with Gasteiger partial charge in [0.1, 0.15) is 5.76 Å². The highest BCUT2D eigenvalue weighted by Crippen LogP contribution is 2.18. The van der Waals surface area contributed by atoms with Gasteiger partial charge < -0.3 is 19.2 Å². The normalized spacial score (nSPS) is 18.7. The SMILES string of the molecule is Cc1cc(C)c(C(=O)N2CCOC(CN(C)CC(=O)O)C2)o1. The molecule has 1 saturated heterocycles. The smallest absolute Gasteiger partial charge is 0.317 e. The third kappa shape index (κ3) is 4.08. The van der Waals surface area contributed by atoms with E-state index in [2.05, 4.69) is 0 Å². The summed E-state index contributed by atoms with van der Waals surface area (Å²) in [4.78, 5) is 26.6. The lowest BCUT2D eigenvalue weighted by Gasteiger charge is -2.34. The number of carbonyl (C=O) groups is 2. The predicted octanol–water partition coefficient (Wildman–Crippen LogP) is 0.754. The molecule has 0 aromatic carbocycles. The van der Waals surface area contributed by atoms with Crippen LogP contribution in [0.25, 0.3) is 0 Å². The second-order valence-corrected chi connectivity index (χ2v) is 5.70. The summed E-state index contributed by atoms with van der Waals surface area (Å²) in [7, 11) is 1.72. The summed E-state index contributed by atoms with van der Waals surface area (Å²) < 4.78 is 11.1. The number of hydrogen-bond acceptors (Lipinski definition) is 5. The molecule has 7 nitrogen and oxygen atoms in total. The van der Waals surface area contributed by atoms with Crippen molar-refractivity contribution in [2.75, 3.05) is 39.8 Å². The maximum absolute atomic E-state index is 12.5. The first-order chi connectivity index (χ1) is 10.4. The van der Waals surface area contributed by atoms with Crippen molar-refractivity contribution < 1.29 is 23.8 Å². The maximum atomic E-state index is 12.5. The van der Waals surface area contributed by atoms with Crippen molar-refractivity contribution in [3.8, 4) is 0 Å². The van der Waals surface area contributed by atoms with Gasteiger partial charge in [-0.25, -0.2) is 0 Å². The minimum absolute atomic E-state index is 0.0513. The van der Waals surface area contributed by atoms with E-state index in [1.54, 1.807) is 16.8 Å². The summed E-state index contributed by atoms with van der Waals surface area (Å²) in [6.07, 6.45) is -0.196. The highest BCUT2D eigenvalue weighted by Gasteiger charge is 2.28. The van der Waals surface area contributed by atoms with E-state index < -0.39 is 5.97 Å². The van der Waals surface area contributed by atoms with E-state index in [0.29, 0.717) is 37.8 Å². The second kappa shape index (κ2) is 6.93. The van der Waals surface area contributed by atoms with Crippen LogP contribution < -0.4 is 0 Å². The average molecular weight is 310 g/mol. The summed E-state index contributed by atoms with van der Waals surface area (Å²) in [5.74, 6) is 0.0663. The van der Waals surface area contributed by atoms with Gasteiger partial charge in [0.05, 0.1) is 19.3 Å². The minimum atomic E-state index is -0.882. The molecule has 1 unspecified atom stereocenters. The number of ether oxygens (including phenoxy) is 1. The zero-order valence-electron chi connectivity index (χ0n) is 13.2. The first-order valence-corrected chi connectivity index (χ1v) is 7.25. The molecule has 122 valence electrons. The zero-order chi connectivity index (χ0) is 16.3. The number of carboxylic acids is 1. The monoisotopic (exact) mass is 310 g/mol. The molecule has 0 radical (unpaired) electrons. The van der Waals surface area contributed by atoms with E-state index in [1.807, 2.05) is 19.9 Å². The lowest BCUT2D eigenvalue weighted by atomic mass is 10.2. The first-order valence-electron chi connectivity index (χ1n) is 7.25. The number of aliphatic carboxylic acids is 1. The Balaban J connectivity index is 1.96. The van der Waals surface area contributed by atoms with Crippen LogP contribution in [0.15, 0.2) is 10.5 Å². The van der Waals surface area contributed by atoms with E-state index in [1.165, 1.54) is 0 Å². The van der Waals surface area contributed by atoms with Crippen LogP contribution in [0, 0.1) is 13.8 Å². The molecule has 0 spiro atoms. The molecule has 22 heavy (non-hydrogen) atoms. The average Bonchev–Trinajstić information content (AvgIpc) is 2.76. The molecule has 1 fully saturated rings. The number of amides is 1. The Kier molecular flexibility index (Phi) is 5.20. The first kappa shape index (κ1) is 16.5. The van der Waals surface area contributed by atoms with Crippen molar-refractivity contribution in [2.24, 2.45) is 0 Å². The molecule has 7 heteroatoms. The van der Waals surface area contributed by atoms with Gasteiger partial charge in [0, 0.05) is 25.2 Å². The number of nitrogens with zero attached hydrogens (tertiary/aromatic N) is 2. The van der Waals surface area contributed by atoms with Gasteiger partial charge in [-0.1, -0.05) is 0 Å². The van der Waals surface area contributed by atoms with E-state index in [4.69, 9.17) is 14.3 Å². The minimum Gasteiger partial charge on any atom is -0.480 e. The molecule has 0 bridgehead atoms. The molecule has 1 amide bonds. The Bertz CT molecular complexity index is 554.